The van der Waals surface area contributed by atoms with Crippen molar-refractivity contribution in [1.82, 2.24) is 0 Å². The first-order valence-corrected chi connectivity index (χ1v) is 9.79. The molecule has 0 bridgehead atoms. The van der Waals surface area contributed by atoms with Crippen LogP contribution in [0.5, 0.6) is 5.75 Å². The van der Waals surface area contributed by atoms with E-state index >= 15 is 0 Å². The Morgan fingerprint density at radius 1 is 1.11 bits per heavy atom. The molecule has 0 heterocycles. The van der Waals surface area contributed by atoms with Gasteiger partial charge >= 0.3 is 0 Å². The van der Waals surface area contributed by atoms with Crippen LogP contribution in [0.4, 0.5) is 4.39 Å². The number of hydrogen-bond acceptors (Lipinski definition) is 3. The van der Waals surface area contributed by atoms with Gasteiger partial charge in [-0.25, -0.2) is 4.39 Å². The van der Waals surface area contributed by atoms with Crippen LogP contribution in [0.1, 0.15) is 54.4 Å². The number of ether oxygens (including phenoxy) is 1. The van der Waals surface area contributed by atoms with E-state index in [1.54, 1.807) is 24.3 Å². The van der Waals surface area contributed by atoms with Crippen molar-refractivity contribution in [2.45, 2.75) is 51.0 Å². The summed E-state index contributed by atoms with van der Waals surface area (Å²) in [6.45, 7) is 0.207. The van der Waals surface area contributed by atoms with Gasteiger partial charge in [-0.15, -0.1) is 12.4 Å². The van der Waals surface area contributed by atoms with E-state index in [-0.39, 0.29) is 30.6 Å². The maximum Gasteiger partial charge on any atom is 0.166 e. The maximum absolute atomic E-state index is 13.0. The number of para-hydroxylation sites is 1. The summed E-state index contributed by atoms with van der Waals surface area (Å²) in [4.78, 5) is 12.6. The molecule has 2 aromatic carbocycles. The molecule has 0 aromatic heterocycles. The zero-order chi connectivity index (χ0) is 19.1. The maximum atomic E-state index is 13.0. The molecule has 3 nitrogen and oxygen atoms in total. The van der Waals surface area contributed by atoms with Gasteiger partial charge in [0.25, 0.3) is 0 Å². The normalized spacial score (nSPS) is 15.1. The van der Waals surface area contributed by atoms with Crippen LogP contribution in [-0.2, 0) is 6.42 Å². The van der Waals surface area contributed by atoms with Gasteiger partial charge in [-0.3, -0.25) is 4.79 Å². The number of benzene rings is 2. The van der Waals surface area contributed by atoms with Crippen LogP contribution in [0, 0.1) is 11.7 Å². The monoisotopic (exact) mass is 406 g/mol. The number of carbonyl (C=O) groups excluding carboxylic acids is 1. The van der Waals surface area contributed by atoms with Crippen molar-refractivity contribution in [3.05, 3.63) is 65.5 Å². The van der Waals surface area contributed by atoms with Crippen LogP contribution in [0.3, 0.4) is 0 Å². The molecule has 0 saturated heterocycles. The molecule has 0 spiro atoms. The number of aliphatic hydroxyl groups excluding tert-OH is 1. The van der Waals surface area contributed by atoms with Gasteiger partial charge in [-0.05, 0) is 48.6 Å². The van der Waals surface area contributed by atoms with Gasteiger partial charge in [0.1, 0.15) is 18.2 Å². The number of aliphatic hydroxyl groups is 1. The molecule has 152 valence electrons. The summed E-state index contributed by atoms with van der Waals surface area (Å²) in [5, 5.41) is 10.2. The van der Waals surface area contributed by atoms with Crippen molar-refractivity contribution in [3.8, 4) is 5.75 Å². The number of Topliss-reactive ketones (excluding diaryl/α,β-unsaturated/α-hetero) is 1. The molecule has 0 aliphatic heterocycles. The van der Waals surface area contributed by atoms with E-state index in [1.807, 2.05) is 12.1 Å². The van der Waals surface area contributed by atoms with Crippen LogP contribution < -0.4 is 4.74 Å². The minimum absolute atomic E-state index is 0. The van der Waals surface area contributed by atoms with Crippen molar-refractivity contribution in [2.75, 3.05) is 6.61 Å². The van der Waals surface area contributed by atoms with E-state index in [9.17, 15) is 14.3 Å². The molecular weight excluding hydrogens is 379 g/mol. The summed E-state index contributed by atoms with van der Waals surface area (Å²) in [7, 11) is 0. The smallest absolute Gasteiger partial charge is 0.166 e. The molecule has 1 unspecified atom stereocenters. The molecule has 0 radical (unpaired) electrons. The third-order valence-electron chi connectivity index (χ3n) is 5.25. The van der Waals surface area contributed by atoms with Crippen molar-refractivity contribution in [3.63, 3.8) is 0 Å². The molecule has 1 fully saturated rings. The Hall–Kier alpha value is -1.91. The highest BCUT2D eigenvalue weighted by Gasteiger charge is 2.20. The predicted octanol–water partition coefficient (Wildman–Crippen LogP) is 5.38. The summed E-state index contributed by atoms with van der Waals surface area (Å²) < 4.78 is 18.8. The van der Waals surface area contributed by atoms with Crippen LogP contribution in [0.15, 0.2) is 48.5 Å². The Balaban J connectivity index is 0.00000280. The summed E-state index contributed by atoms with van der Waals surface area (Å²) in [6, 6.07) is 13.4. The Morgan fingerprint density at radius 2 is 1.79 bits per heavy atom. The van der Waals surface area contributed by atoms with Crippen LogP contribution in [0.2, 0.25) is 0 Å². The lowest BCUT2D eigenvalue weighted by Crippen LogP contribution is -2.21. The Morgan fingerprint density at radius 3 is 2.50 bits per heavy atom. The number of rotatable bonds is 9. The second-order valence-corrected chi connectivity index (χ2v) is 7.40. The molecule has 0 amide bonds. The Bertz CT molecular complexity index is 742. The number of ketones is 1. The van der Waals surface area contributed by atoms with Crippen LogP contribution >= 0.6 is 12.4 Å². The average molecular weight is 407 g/mol. The molecule has 1 saturated carbocycles. The summed E-state index contributed by atoms with van der Waals surface area (Å²) in [6.07, 6.45) is 6.03. The van der Waals surface area contributed by atoms with Crippen molar-refractivity contribution in [2.24, 2.45) is 5.92 Å². The van der Waals surface area contributed by atoms with Gasteiger partial charge in [-0.2, -0.15) is 0 Å². The Labute approximate surface area is 172 Å². The summed E-state index contributed by atoms with van der Waals surface area (Å²) >= 11 is 0. The lowest BCUT2D eigenvalue weighted by Gasteiger charge is -2.17. The number of hydrogen-bond donors (Lipinski definition) is 1. The molecule has 28 heavy (non-hydrogen) atoms. The van der Waals surface area contributed by atoms with Gasteiger partial charge in [0.2, 0.25) is 0 Å². The topological polar surface area (TPSA) is 46.5 Å². The number of halogens is 2. The van der Waals surface area contributed by atoms with Gasteiger partial charge in [-0.1, -0.05) is 49.9 Å². The zero-order valence-electron chi connectivity index (χ0n) is 16.0. The van der Waals surface area contributed by atoms with Gasteiger partial charge in [0, 0.05) is 6.42 Å². The van der Waals surface area contributed by atoms with E-state index < -0.39 is 6.10 Å². The molecule has 1 aliphatic carbocycles. The minimum Gasteiger partial charge on any atom is -0.490 e. The van der Waals surface area contributed by atoms with Crippen molar-refractivity contribution < 1.29 is 19.0 Å². The average Bonchev–Trinajstić information content (AvgIpc) is 3.19. The molecular formula is C23H28ClFO3. The molecule has 2 aromatic rings. The zero-order valence-corrected chi connectivity index (χ0v) is 16.8. The van der Waals surface area contributed by atoms with Crippen molar-refractivity contribution in [1.29, 1.82) is 0 Å². The summed E-state index contributed by atoms with van der Waals surface area (Å²) in [5.41, 5.74) is 1.46. The van der Waals surface area contributed by atoms with Gasteiger partial charge in [0.05, 0.1) is 11.7 Å². The second kappa shape index (κ2) is 11.2. The van der Waals surface area contributed by atoms with E-state index in [2.05, 4.69) is 0 Å². The van der Waals surface area contributed by atoms with E-state index in [1.165, 1.54) is 37.8 Å². The molecule has 5 heteroatoms. The minimum atomic E-state index is -0.504. The molecule has 1 N–H and O–H groups in total. The first-order chi connectivity index (χ1) is 13.1. The highest BCUT2D eigenvalue weighted by atomic mass is 35.5. The third-order valence-corrected chi connectivity index (χ3v) is 5.25. The fraction of sp³-hybridized carbons (Fsp3) is 0.435. The lowest BCUT2D eigenvalue weighted by molar-refractivity contribution is 0.0834. The fourth-order valence-corrected chi connectivity index (χ4v) is 3.75. The first kappa shape index (κ1) is 22.4. The predicted molar refractivity (Wildman–Crippen MR) is 111 cm³/mol. The SMILES string of the molecule is Cl.O=C(CCc1ccc(F)cc1)c1ccccc1OCC(O)CC1CCCC1. The van der Waals surface area contributed by atoms with E-state index in [0.717, 1.165) is 12.0 Å². The molecule has 1 atom stereocenters. The Kier molecular flexibility index (Phi) is 8.94. The largest absolute Gasteiger partial charge is 0.490 e. The van der Waals surface area contributed by atoms with Crippen LogP contribution in [0.25, 0.3) is 0 Å². The standard InChI is InChI=1S/C23H27FO3.ClH/c24-19-12-9-17(10-13-19)11-14-22(26)21-7-3-4-8-23(21)27-16-20(25)15-18-5-1-2-6-18;/h3-4,7-10,12-13,18,20,25H,1-2,5-6,11,14-16H2;1H. The van der Waals surface area contributed by atoms with Gasteiger partial charge in [0.15, 0.2) is 5.78 Å². The third kappa shape index (κ3) is 6.61. The lowest BCUT2D eigenvalue weighted by atomic mass is 10.0. The number of aryl methyl sites for hydroxylation is 1. The molecule has 3 rings (SSSR count). The van der Waals surface area contributed by atoms with Crippen LogP contribution in [-0.4, -0.2) is 23.6 Å². The first-order valence-electron chi connectivity index (χ1n) is 9.79. The van der Waals surface area contributed by atoms with E-state index in [0.29, 0.717) is 30.1 Å². The fourth-order valence-electron chi connectivity index (χ4n) is 3.75. The van der Waals surface area contributed by atoms with Crippen molar-refractivity contribution >= 4 is 18.2 Å². The van der Waals surface area contributed by atoms with E-state index in [4.69, 9.17) is 4.74 Å². The summed E-state index contributed by atoms with van der Waals surface area (Å²) in [5.74, 6) is 0.823. The quantitative estimate of drug-likeness (QED) is 0.568. The van der Waals surface area contributed by atoms with Gasteiger partial charge < -0.3 is 9.84 Å². The highest BCUT2D eigenvalue weighted by molar-refractivity contribution is 5.98. The molecule has 1 aliphatic rings. The second-order valence-electron chi connectivity index (χ2n) is 7.40. The number of carbonyl (C=O) groups is 1. The highest BCUT2D eigenvalue weighted by Crippen LogP contribution is 2.29.